The number of rotatable bonds is 6. The molecule has 0 radical (unpaired) electrons. The predicted octanol–water partition coefficient (Wildman–Crippen LogP) is 2.77. The Balaban J connectivity index is 1.64. The molecule has 6 nitrogen and oxygen atoms in total. The van der Waals surface area contributed by atoms with Crippen molar-refractivity contribution in [1.82, 2.24) is 5.32 Å². The minimum Gasteiger partial charge on any atom is -0.322 e. The Bertz CT molecular complexity index is 918. The molecule has 1 unspecified atom stereocenters. The predicted molar refractivity (Wildman–Crippen MR) is 109 cm³/mol. The second-order valence-corrected chi connectivity index (χ2v) is 8.87. The maximum atomic E-state index is 12.5. The van der Waals surface area contributed by atoms with E-state index in [1.54, 1.807) is 18.2 Å². The molecule has 0 saturated carbocycles. The Morgan fingerprint density at radius 3 is 2.52 bits per heavy atom. The molecule has 0 bridgehead atoms. The molecule has 3 N–H and O–H groups in total. The highest BCUT2D eigenvalue weighted by Gasteiger charge is 2.15. The minimum absolute atomic E-state index is 0.184. The normalized spacial score (nSPS) is 16.9. The van der Waals surface area contributed by atoms with Gasteiger partial charge in [0.25, 0.3) is 5.91 Å². The number of amides is 1. The summed E-state index contributed by atoms with van der Waals surface area (Å²) in [5, 5.41) is 6.25. The fourth-order valence-corrected chi connectivity index (χ4v) is 3.85. The zero-order chi connectivity index (χ0) is 19.4. The van der Waals surface area contributed by atoms with Crippen molar-refractivity contribution in [2.75, 3.05) is 29.4 Å². The van der Waals surface area contributed by atoms with Gasteiger partial charge in [0, 0.05) is 16.9 Å². The van der Waals surface area contributed by atoms with E-state index in [9.17, 15) is 13.2 Å². The van der Waals surface area contributed by atoms with Crippen LogP contribution in [0.5, 0.6) is 0 Å². The lowest BCUT2D eigenvalue weighted by molar-refractivity contribution is 0.102. The summed E-state index contributed by atoms with van der Waals surface area (Å²) in [6.45, 7) is 3.97. The van der Waals surface area contributed by atoms with Crippen LogP contribution >= 0.6 is 0 Å². The lowest BCUT2D eigenvalue weighted by atomic mass is 9.98. The van der Waals surface area contributed by atoms with Crippen LogP contribution in [-0.2, 0) is 16.4 Å². The molecule has 3 rings (SSSR count). The van der Waals surface area contributed by atoms with Crippen LogP contribution in [0.2, 0.25) is 0 Å². The van der Waals surface area contributed by atoms with Gasteiger partial charge in [0.05, 0.1) is 6.26 Å². The summed E-state index contributed by atoms with van der Waals surface area (Å²) in [7, 11) is -3.33. The van der Waals surface area contributed by atoms with Gasteiger partial charge in [-0.25, -0.2) is 8.42 Å². The molecule has 2 aromatic rings. The fourth-order valence-electron chi connectivity index (χ4n) is 3.29. The quantitative estimate of drug-likeness (QED) is 0.711. The van der Waals surface area contributed by atoms with Crippen molar-refractivity contribution in [3.05, 3.63) is 59.2 Å². The third-order valence-electron chi connectivity index (χ3n) is 4.68. The van der Waals surface area contributed by atoms with E-state index in [0.29, 0.717) is 22.9 Å². The number of aryl methyl sites for hydroxylation is 1. The minimum atomic E-state index is -3.33. The molecule has 1 fully saturated rings. The Morgan fingerprint density at radius 1 is 1.19 bits per heavy atom. The fraction of sp³-hybridized carbons (Fsp3) is 0.350. The highest BCUT2D eigenvalue weighted by atomic mass is 32.2. The summed E-state index contributed by atoms with van der Waals surface area (Å²) in [5.74, 6) is 0.488. The van der Waals surface area contributed by atoms with E-state index < -0.39 is 10.0 Å². The first-order chi connectivity index (χ1) is 12.8. The van der Waals surface area contributed by atoms with Crippen LogP contribution in [0.4, 0.5) is 11.4 Å². The van der Waals surface area contributed by atoms with Crippen molar-refractivity contribution in [1.29, 1.82) is 0 Å². The highest BCUT2D eigenvalue weighted by Crippen LogP contribution is 2.21. The van der Waals surface area contributed by atoms with Crippen LogP contribution in [0, 0.1) is 12.8 Å². The van der Waals surface area contributed by atoms with E-state index in [1.807, 2.05) is 31.2 Å². The zero-order valence-electron chi connectivity index (χ0n) is 15.6. The second-order valence-electron chi connectivity index (χ2n) is 7.12. The molecule has 27 heavy (non-hydrogen) atoms. The molecule has 0 aromatic heterocycles. The van der Waals surface area contributed by atoms with E-state index in [1.165, 1.54) is 12.0 Å². The second kappa shape index (κ2) is 8.10. The largest absolute Gasteiger partial charge is 0.322 e. The Morgan fingerprint density at radius 2 is 1.93 bits per heavy atom. The molecule has 1 heterocycles. The van der Waals surface area contributed by atoms with Crippen molar-refractivity contribution in [2.45, 2.75) is 19.8 Å². The van der Waals surface area contributed by atoms with Gasteiger partial charge in [0.1, 0.15) is 0 Å². The van der Waals surface area contributed by atoms with E-state index in [4.69, 9.17) is 0 Å². The van der Waals surface area contributed by atoms with Crippen molar-refractivity contribution in [3.63, 3.8) is 0 Å². The van der Waals surface area contributed by atoms with Gasteiger partial charge in [-0.1, -0.05) is 12.1 Å². The van der Waals surface area contributed by atoms with Gasteiger partial charge in [-0.15, -0.1) is 0 Å². The monoisotopic (exact) mass is 387 g/mol. The lowest BCUT2D eigenvalue weighted by Crippen LogP contribution is -2.14. The van der Waals surface area contributed by atoms with Crippen molar-refractivity contribution >= 4 is 27.3 Å². The number of benzene rings is 2. The number of carbonyl (C=O) groups excluding carboxylic acids is 1. The molecule has 7 heteroatoms. The topological polar surface area (TPSA) is 87.3 Å². The SMILES string of the molecule is Cc1cc(NS(C)(=O)=O)ccc1NC(=O)c1ccc(CC2CCNC2)cc1. The molecule has 1 amide bonds. The van der Waals surface area contributed by atoms with E-state index in [2.05, 4.69) is 15.4 Å². The van der Waals surface area contributed by atoms with Crippen LogP contribution in [0.3, 0.4) is 0 Å². The first-order valence-corrected chi connectivity index (χ1v) is 10.9. The number of nitrogens with one attached hydrogen (secondary N) is 3. The van der Waals surface area contributed by atoms with Gasteiger partial charge in [0.15, 0.2) is 0 Å². The summed E-state index contributed by atoms with van der Waals surface area (Å²) < 4.78 is 25.0. The van der Waals surface area contributed by atoms with Crippen molar-refractivity contribution in [3.8, 4) is 0 Å². The van der Waals surface area contributed by atoms with E-state index in [0.717, 1.165) is 31.3 Å². The van der Waals surface area contributed by atoms with Gasteiger partial charge in [-0.3, -0.25) is 9.52 Å². The van der Waals surface area contributed by atoms with Gasteiger partial charge in [-0.2, -0.15) is 0 Å². The summed E-state index contributed by atoms with van der Waals surface area (Å²) in [6, 6.07) is 12.7. The molecule has 2 aromatic carbocycles. The molecule has 1 aliphatic rings. The molecule has 144 valence electrons. The average molecular weight is 388 g/mol. The van der Waals surface area contributed by atoms with E-state index in [-0.39, 0.29) is 5.91 Å². The Kier molecular flexibility index (Phi) is 5.82. The lowest BCUT2D eigenvalue weighted by Gasteiger charge is -2.12. The standard InChI is InChI=1S/C20H25N3O3S/c1-14-11-18(23-27(2,25)26)7-8-19(14)22-20(24)17-5-3-15(4-6-17)12-16-9-10-21-13-16/h3-8,11,16,21,23H,9-10,12-13H2,1-2H3,(H,22,24). The highest BCUT2D eigenvalue weighted by molar-refractivity contribution is 7.92. The number of anilines is 2. The summed E-state index contributed by atoms with van der Waals surface area (Å²) in [5.41, 5.74) is 3.75. The molecular formula is C20H25N3O3S. The van der Waals surface area contributed by atoms with Gasteiger partial charge >= 0.3 is 0 Å². The molecule has 0 spiro atoms. The number of carbonyl (C=O) groups is 1. The van der Waals surface area contributed by atoms with Crippen LogP contribution in [-0.4, -0.2) is 33.7 Å². The van der Waals surface area contributed by atoms with Crippen LogP contribution in [0.25, 0.3) is 0 Å². The smallest absolute Gasteiger partial charge is 0.255 e. The van der Waals surface area contributed by atoms with Crippen LogP contribution in [0.1, 0.15) is 27.9 Å². The van der Waals surface area contributed by atoms with Gasteiger partial charge < -0.3 is 10.6 Å². The summed E-state index contributed by atoms with van der Waals surface area (Å²) in [4.78, 5) is 12.5. The number of hydrogen-bond acceptors (Lipinski definition) is 4. The maximum Gasteiger partial charge on any atom is 0.255 e. The first kappa shape index (κ1) is 19.4. The Labute approximate surface area is 160 Å². The van der Waals surface area contributed by atoms with Gasteiger partial charge in [-0.05, 0) is 80.2 Å². The zero-order valence-corrected chi connectivity index (χ0v) is 16.4. The molecule has 1 atom stereocenters. The van der Waals surface area contributed by atoms with Crippen LogP contribution < -0.4 is 15.4 Å². The molecule has 0 aliphatic carbocycles. The third-order valence-corrected chi connectivity index (χ3v) is 5.29. The first-order valence-electron chi connectivity index (χ1n) is 8.99. The number of sulfonamides is 1. The van der Waals surface area contributed by atoms with Crippen molar-refractivity contribution in [2.24, 2.45) is 5.92 Å². The molecule has 1 aliphatic heterocycles. The van der Waals surface area contributed by atoms with Crippen molar-refractivity contribution < 1.29 is 13.2 Å². The molecular weight excluding hydrogens is 362 g/mol. The third kappa shape index (κ3) is 5.55. The molecule has 1 saturated heterocycles. The van der Waals surface area contributed by atoms with E-state index >= 15 is 0 Å². The number of hydrogen-bond donors (Lipinski definition) is 3. The van der Waals surface area contributed by atoms with Gasteiger partial charge in [0.2, 0.25) is 10.0 Å². The summed E-state index contributed by atoms with van der Waals surface area (Å²) >= 11 is 0. The maximum absolute atomic E-state index is 12.5. The summed E-state index contributed by atoms with van der Waals surface area (Å²) in [6.07, 6.45) is 3.33. The van der Waals surface area contributed by atoms with Crippen LogP contribution in [0.15, 0.2) is 42.5 Å². The average Bonchev–Trinajstić information content (AvgIpc) is 3.09. The Hall–Kier alpha value is -2.38.